The molecule has 3 aromatic rings. The van der Waals surface area contributed by atoms with Crippen LogP contribution in [0.25, 0.3) is 16.7 Å². The molecule has 6 nitrogen and oxygen atoms in total. The number of benzene rings is 1. The van der Waals surface area contributed by atoms with Crippen LogP contribution in [0.1, 0.15) is 17.9 Å². The van der Waals surface area contributed by atoms with Gasteiger partial charge in [0, 0.05) is 37.8 Å². The van der Waals surface area contributed by atoms with Crippen LogP contribution in [-0.2, 0) is 4.74 Å². The zero-order chi connectivity index (χ0) is 17.5. The number of piperidine rings is 1. The lowest BCUT2D eigenvalue weighted by atomic mass is 9.88. The topological polar surface area (TPSA) is 67.8 Å². The van der Waals surface area contributed by atoms with E-state index in [1.54, 1.807) is 0 Å². The fourth-order valence-electron chi connectivity index (χ4n) is 4.28. The Morgan fingerprint density at radius 3 is 2.88 bits per heavy atom. The number of morpholine rings is 1. The minimum atomic E-state index is 0.210. The number of anilines is 1. The Balaban J connectivity index is 1.65. The maximum absolute atomic E-state index is 6.40. The first-order chi connectivity index (χ1) is 12.8. The van der Waals surface area contributed by atoms with Gasteiger partial charge < -0.3 is 20.7 Å². The van der Waals surface area contributed by atoms with Crippen molar-refractivity contribution in [1.82, 2.24) is 14.7 Å². The Morgan fingerprint density at radius 1 is 1.15 bits per heavy atom. The zero-order valence-electron chi connectivity index (χ0n) is 14.9. The van der Waals surface area contributed by atoms with Crippen molar-refractivity contribution in [3.8, 4) is 0 Å². The number of rotatable bonds is 2. The van der Waals surface area contributed by atoms with Crippen molar-refractivity contribution in [2.75, 3.05) is 44.3 Å². The quantitative estimate of drug-likeness (QED) is 0.736. The second-order valence-corrected chi connectivity index (χ2v) is 7.31. The van der Waals surface area contributed by atoms with Crippen molar-refractivity contribution in [1.29, 1.82) is 0 Å². The average molecular weight is 351 g/mol. The maximum Gasteiger partial charge on any atom is 0.137 e. The van der Waals surface area contributed by atoms with E-state index >= 15 is 0 Å². The summed E-state index contributed by atoms with van der Waals surface area (Å²) in [5, 5.41) is 3.48. The van der Waals surface area contributed by atoms with Crippen molar-refractivity contribution in [2.24, 2.45) is 5.73 Å². The third-order valence-electron chi connectivity index (χ3n) is 5.73. The second-order valence-electron chi connectivity index (χ2n) is 7.31. The molecule has 2 saturated heterocycles. The Bertz CT molecular complexity index is 930. The highest BCUT2D eigenvalue weighted by molar-refractivity contribution is 5.92. The van der Waals surface area contributed by atoms with E-state index in [2.05, 4.69) is 51.1 Å². The summed E-state index contributed by atoms with van der Waals surface area (Å²) in [4.78, 5) is 7.24. The van der Waals surface area contributed by atoms with Gasteiger partial charge in [0.05, 0.1) is 29.9 Å². The number of para-hydroxylation sites is 1. The summed E-state index contributed by atoms with van der Waals surface area (Å²) in [5.74, 6) is 0.348. The monoisotopic (exact) mass is 351 g/mol. The molecule has 26 heavy (non-hydrogen) atoms. The largest absolute Gasteiger partial charge is 0.378 e. The first-order valence-electron chi connectivity index (χ1n) is 9.51. The Kier molecular flexibility index (Phi) is 4.04. The van der Waals surface area contributed by atoms with Crippen LogP contribution in [0.5, 0.6) is 0 Å². The van der Waals surface area contributed by atoms with Gasteiger partial charge in [-0.3, -0.25) is 4.40 Å². The van der Waals surface area contributed by atoms with E-state index in [1.165, 1.54) is 16.8 Å². The fourth-order valence-corrected chi connectivity index (χ4v) is 4.28. The number of nitrogens with one attached hydrogen (secondary N) is 1. The van der Waals surface area contributed by atoms with E-state index in [1.807, 2.05) is 0 Å². The SMILES string of the molecule is NC1CCNCC1c1ccc2nc3cccc(N4CCOCC4)c3n2c1. The molecule has 0 spiro atoms. The molecule has 2 aromatic heterocycles. The normalized spacial score (nSPS) is 24.4. The molecular weight excluding hydrogens is 326 g/mol. The fraction of sp³-hybridized carbons (Fsp3) is 0.450. The molecule has 0 aliphatic carbocycles. The zero-order valence-corrected chi connectivity index (χ0v) is 14.9. The number of hydrogen-bond acceptors (Lipinski definition) is 5. The van der Waals surface area contributed by atoms with Gasteiger partial charge in [-0.2, -0.15) is 0 Å². The van der Waals surface area contributed by atoms with Crippen LogP contribution < -0.4 is 16.0 Å². The van der Waals surface area contributed by atoms with Gasteiger partial charge in [0.15, 0.2) is 0 Å². The Hall–Kier alpha value is -2.15. The molecule has 2 fully saturated rings. The van der Waals surface area contributed by atoms with Crippen LogP contribution in [-0.4, -0.2) is 54.8 Å². The molecule has 0 bridgehead atoms. The summed E-state index contributed by atoms with van der Waals surface area (Å²) in [6.45, 7) is 5.35. The minimum Gasteiger partial charge on any atom is -0.378 e. The molecule has 0 saturated carbocycles. The summed E-state index contributed by atoms with van der Waals surface area (Å²) in [5.41, 5.74) is 12.1. The van der Waals surface area contributed by atoms with Crippen molar-refractivity contribution < 1.29 is 4.74 Å². The number of nitrogens with two attached hydrogens (primary N) is 1. The molecule has 1 aromatic carbocycles. The van der Waals surface area contributed by atoms with Crippen LogP contribution in [0.3, 0.4) is 0 Å². The van der Waals surface area contributed by atoms with E-state index in [4.69, 9.17) is 15.5 Å². The second kappa shape index (κ2) is 6.54. The van der Waals surface area contributed by atoms with Crippen LogP contribution in [0, 0.1) is 0 Å². The molecule has 6 heteroatoms. The minimum absolute atomic E-state index is 0.210. The van der Waals surface area contributed by atoms with Crippen LogP contribution in [0.4, 0.5) is 5.69 Å². The van der Waals surface area contributed by atoms with Crippen molar-refractivity contribution in [2.45, 2.75) is 18.4 Å². The van der Waals surface area contributed by atoms with E-state index in [0.717, 1.165) is 57.0 Å². The molecule has 2 atom stereocenters. The van der Waals surface area contributed by atoms with Gasteiger partial charge in [0.25, 0.3) is 0 Å². The lowest BCUT2D eigenvalue weighted by molar-refractivity contribution is 0.123. The number of hydrogen-bond donors (Lipinski definition) is 2. The number of nitrogens with zero attached hydrogens (tertiary/aromatic N) is 3. The number of imidazole rings is 1. The number of ether oxygens (including phenoxy) is 1. The Labute approximate surface area is 152 Å². The molecule has 4 heterocycles. The molecule has 2 aliphatic rings. The van der Waals surface area contributed by atoms with Crippen molar-refractivity contribution in [3.05, 3.63) is 42.1 Å². The van der Waals surface area contributed by atoms with Crippen LogP contribution in [0.2, 0.25) is 0 Å². The third-order valence-corrected chi connectivity index (χ3v) is 5.73. The van der Waals surface area contributed by atoms with E-state index in [9.17, 15) is 0 Å². The van der Waals surface area contributed by atoms with Gasteiger partial charge in [0.1, 0.15) is 5.65 Å². The Morgan fingerprint density at radius 2 is 2.04 bits per heavy atom. The molecule has 0 amide bonds. The maximum atomic E-state index is 6.40. The van der Waals surface area contributed by atoms with Gasteiger partial charge in [-0.25, -0.2) is 4.98 Å². The van der Waals surface area contributed by atoms with Crippen LogP contribution >= 0.6 is 0 Å². The molecule has 0 radical (unpaired) electrons. The molecule has 5 rings (SSSR count). The number of aromatic nitrogens is 2. The molecule has 2 unspecified atom stereocenters. The summed E-state index contributed by atoms with van der Waals surface area (Å²) < 4.78 is 7.77. The van der Waals surface area contributed by atoms with Gasteiger partial charge in [-0.05, 0) is 36.7 Å². The standard InChI is InChI=1S/C20H25N5O/c21-16-6-7-22-12-15(16)14-4-5-19-23-17-2-1-3-18(20(17)25(19)13-14)24-8-10-26-11-9-24/h1-5,13,15-16,22H,6-12,21H2. The van der Waals surface area contributed by atoms with Crippen LogP contribution in [0.15, 0.2) is 36.5 Å². The van der Waals surface area contributed by atoms with Crippen molar-refractivity contribution >= 4 is 22.4 Å². The lowest BCUT2D eigenvalue weighted by Gasteiger charge is -2.30. The lowest BCUT2D eigenvalue weighted by Crippen LogP contribution is -2.43. The highest BCUT2D eigenvalue weighted by Crippen LogP contribution is 2.30. The summed E-state index contributed by atoms with van der Waals surface area (Å²) >= 11 is 0. The highest BCUT2D eigenvalue weighted by Gasteiger charge is 2.24. The first-order valence-corrected chi connectivity index (χ1v) is 9.51. The first kappa shape index (κ1) is 16.1. The third kappa shape index (κ3) is 2.65. The summed E-state index contributed by atoms with van der Waals surface area (Å²) in [6.07, 6.45) is 3.26. The van der Waals surface area contributed by atoms with Gasteiger partial charge >= 0.3 is 0 Å². The summed E-state index contributed by atoms with van der Waals surface area (Å²) in [6, 6.07) is 10.9. The molecule has 136 valence electrons. The highest BCUT2D eigenvalue weighted by atomic mass is 16.5. The molecular formula is C20H25N5O. The predicted octanol–water partition coefficient (Wildman–Crippen LogP) is 1.73. The molecule has 2 aliphatic heterocycles. The van der Waals surface area contributed by atoms with E-state index in [-0.39, 0.29) is 6.04 Å². The van der Waals surface area contributed by atoms with Crippen molar-refractivity contribution in [3.63, 3.8) is 0 Å². The number of pyridine rings is 1. The average Bonchev–Trinajstić information content (AvgIpc) is 3.07. The number of fused-ring (bicyclic) bond motifs is 3. The smallest absolute Gasteiger partial charge is 0.137 e. The van der Waals surface area contributed by atoms with Gasteiger partial charge in [-0.1, -0.05) is 12.1 Å². The van der Waals surface area contributed by atoms with E-state index < -0.39 is 0 Å². The van der Waals surface area contributed by atoms with Gasteiger partial charge in [0.2, 0.25) is 0 Å². The molecule has 3 N–H and O–H groups in total. The summed E-state index contributed by atoms with van der Waals surface area (Å²) in [7, 11) is 0. The van der Waals surface area contributed by atoms with E-state index in [0.29, 0.717) is 5.92 Å². The van der Waals surface area contributed by atoms with Gasteiger partial charge in [-0.15, -0.1) is 0 Å². The predicted molar refractivity (Wildman–Crippen MR) is 104 cm³/mol.